The number of morpholine rings is 1. The van der Waals surface area contributed by atoms with Gasteiger partial charge in [-0.15, -0.1) is 0 Å². The molecule has 12 heavy (non-hydrogen) atoms. The van der Waals surface area contributed by atoms with Crippen LogP contribution in [0.2, 0.25) is 0 Å². The Morgan fingerprint density at radius 3 is 2.42 bits per heavy atom. The van der Waals surface area contributed by atoms with E-state index in [0.29, 0.717) is 12.2 Å². The standard InChI is InChI=1S/C10H19NO/c1-4-5-6-11-7-9(2)12-10(3)8-11/h4-5,9-10H,6-8H2,1-3H3/b5-4+/t9-,10?/m1/s1. The van der Waals surface area contributed by atoms with E-state index in [0.717, 1.165) is 19.6 Å². The lowest BCUT2D eigenvalue weighted by atomic mass is 10.2. The summed E-state index contributed by atoms with van der Waals surface area (Å²) in [5, 5.41) is 0. The van der Waals surface area contributed by atoms with E-state index < -0.39 is 0 Å². The Morgan fingerprint density at radius 2 is 1.92 bits per heavy atom. The molecule has 1 aliphatic rings. The molecular formula is C10H19NO. The Bertz CT molecular complexity index is 146. The van der Waals surface area contributed by atoms with Crippen molar-refractivity contribution in [2.45, 2.75) is 33.0 Å². The first-order valence-corrected chi connectivity index (χ1v) is 4.71. The summed E-state index contributed by atoms with van der Waals surface area (Å²) in [6.45, 7) is 9.53. The molecule has 2 nitrogen and oxygen atoms in total. The molecule has 2 atom stereocenters. The normalized spacial score (nSPS) is 32.9. The van der Waals surface area contributed by atoms with Crippen molar-refractivity contribution in [1.82, 2.24) is 4.90 Å². The van der Waals surface area contributed by atoms with Gasteiger partial charge in [-0.1, -0.05) is 12.2 Å². The van der Waals surface area contributed by atoms with Crippen molar-refractivity contribution in [1.29, 1.82) is 0 Å². The monoisotopic (exact) mass is 169 g/mol. The lowest BCUT2D eigenvalue weighted by Gasteiger charge is -2.34. The van der Waals surface area contributed by atoms with Gasteiger partial charge in [0.1, 0.15) is 0 Å². The van der Waals surface area contributed by atoms with Gasteiger partial charge in [-0.25, -0.2) is 0 Å². The van der Waals surface area contributed by atoms with E-state index in [1.807, 2.05) is 0 Å². The highest BCUT2D eigenvalue weighted by atomic mass is 16.5. The largest absolute Gasteiger partial charge is 0.373 e. The summed E-state index contributed by atoms with van der Waals surface area (Å²) in [6, 6.07) is 0. The van der Waals surface area contributed by atoms with Crippen LogP contribution in [0.3, 0.4) is 0 Å². The van der Waals surface area contributed by atoms with Gasteiger partial charge < -0.3 is 4.74 Å². The highest BCUT2D eigenvalue weighted by molar-refractivity contribution is 4.84. The van der Waals surface area contributed by atoms with E-state index in [4.69, 9.17) is 4.74 Å². The number of rotatable bonds is 2. The molecule has 0 aromatic heterocycles. The molecule has 0 aromatic carbocycles. The van der Waals surface area contributed by atoms with Crippen molar-refractivity contribution >= 4 is 0 Å². The van der Waals surface area contributed by atoms with Gasteiger partial charge in [0.15, 0.2) is 0 Å². The number of ether oxygens (including phenoxy) is 1. The Morgan fingerprint density at radius 1 is 1.33 bits per heavy atom. The molecule has 0 aliphatic carbocycles. The van der Waals surface area contributed by atoms with Gasteiger partial charge in [0.2, 0.25) is 0 Å². The van der Waals surface area contributed by atoms with Gasteiger partial charge in [-0.3, -0.25) is 4.90 Å². The molecular weight excluding hydrogens is 150 g/mol. The maximum atomic E-state index is 5.63. The molecule has 1 aliphatic heterocycles. The van der Waals surface area contributed by atoms with Gasteiger partial charge in [0.25, 0.3) is 0 Å². The number of allylic oxidation sites excluding steroid dienone is 1. The smallest absolute Gasteiger partial charge is 0.0678 e. The Balaban J connectivity index is 2.33. The molecule has 1 fully saturated rings. The van der Waals surface area contributed by atoms with Crippen LogP contribution in [-0.4, -0.2) is 36.7 Å². The Kier molecular flexibility index (Phi) is 3.76. The first kappa shape index (κ1) is 9.75. The van der Waals surface area contributed by atoms with Crippen LogP contribution in [0.25, 0.3) is 0 Å². The van der Waals surface area contributed by atoms with E-state index >= 15 is 0 Å². The van der Waals surface area contributed by atoms with E-state index in [1.54, 1.807) is 0 Å². The van der Waals surface area contributed by atoms with Gasteiger partial charge in [-0.05, 0) is 20.8 Å². The molecule has 0 bridgehead atoms. The minimum Gasteiger partial charge on any atom is -0.373 e. The fourth-order valence-corrected chi connectivity index (χ4v) is 1.69. The van der Waals surface area contributed by atoms with Crippen LogP contribution in [0.15, 0.2) is 12.2 Å². The maximum Gasteiger partial charge on any atom is 0.0678 e. The van der Waals surface area contributed by atoms with Crippen LogP contribution in [0.5, 0.6) is 0 Å². The van der Waals surface area contributed by atoms with Crippen LogP contribution in [0, 0.1) is 0 Å². The SMILES string of the molecule is C/C=C/CN1CC(C)O[C@H](C)C1. The van der Waals surface area contributed by atoms with E-state index in [9.17, 15) is 0 Å². The minimum absolute atomic E-state index is 0.388. The molecule has 1 unspecified atom stereocenters. The molecule has 0 aromatic rings. The quantitative estimate of drug-likeness (QED) is 0.583. The van der Waals surface area contributed by atoms with Crippen molar-refractivity contribution in [2.75, 3.05) is 19.6 Å². The maximum absolute atomic E-state index is 5.63. The molecule has 0 N–H and O–H groups in total. The molecule has 0 amide bonds. The third kappa shape index (κ3) is 2.95. The summed E-state index contributed by atoms with van der Waals surface area (Å²) >= 11 is 0. The van der Waals surface area contributed by atoms with Crippen molar-refractivity contribution in [3.63, 3.8) is 0 Å². The summed E-state index contributed by atoms with van der Waals surface area (Å²) in [6.07, 6.45) is 5.08. The highest BCUT2D eigenvalue weighted by Crippen LogP contribution is 2.09. The van der Waals surface area contributed by atoms with Crippen molar-refractivity contribution in [3.8, 4) is 0 Å². The fraction of sp³-hybridized carbons (Fsp3) is 0.800. The summed E-state index contributed by atoms with van der Waals surface area (Å²) in [5.74, 6) is 0. The number of nitrogens with zero attached hydrogens (tertiary/aromatic N) is 1. The van der Waals surface area contributed by atoms with E-state index in [2.05, 4.69) is 37.8 Å². The average Bonchev–Trinajstić information content (AvgIpc) is 1.99. The van der Waals surface area contributed by atoms with E-state index in [-0.39, 0.29) is 0 Å². The molecule has 70 valence electrons. The predicted octanol–water partition coefficient (Wildman–Crippen LogP) is 1.67. The van der Waals surface area contributed by atoms with Gasteiger partial charge >= 0.3 is 0 Å². The Hall–Kier alpha value is -0.340. The molecule has 0 radical (unpaired) electrons. The molecule has 2 heteroatoms. The summed E-state index contributed by atoms with van der Waals surface area (Å²) in [4.78, 5) is 2.43. The molecule has 0 saturated carbocycles. The summed E-state index contributed by atoms with van der Waals surface area (Å²) in [7, 11) is 0. The minimum atomic E-state index is 0.388. The van der Waals surface area contributed by atoms with Gasteiger partial charge in [0.05, 0.1) is 12.2 Å². The topological polar surface area (TPSA) is 12.5 Å². The number of hydrogen-bond donors (Lipinski definition) is 0. The lowest BCUT2D eigenvalue weighted by molar-refractivity contribution is -0.0646. The first-order chi connectivity index (χ1) is 5.72. The zero-order valence-corrected chi connectivity index (χ0v) is 8.29. The second-order valence-electron chi connectivity index (χ2n) is 3.54. The summed E-state index contributed by atoms with van der Waals surface area (Å²) in [5.41, 5.74) is 0. The fourth-order valence-electron chi connectivity index (χ4n) is 1.69. The van der Waals surface area contributed by atoms with Crippen molar-refractivity contribution < 1.29 is 4.74 Å². The van der Waals surface area contributed by atoms with Gasteiger partial charge in [-0.2, -0.15) is 0 Å². The summed E-state index contributed by atoms with van der Waals surface area (Å²) < 4.78 is 5.63. The van der Waals surface area contributed by atoms with Crippen LogP contribution in [0.1, 0.15) is 20.8 Å². The molecule has 1 heterocycles. The highest BCUT2D eigenvalue weighted by Gasteiger charge is 2.20. The number of hydrogen-bond acceptors (Lipinski definition) is 2. The first-order valence-electron chi connectivity index (χ1n) is 4.71. The zero-order chi connectivity index (χ0) is 8.97. The second kappa shape index (κ2) is 4.63. The van der Waals surface area contributed by atoms with Crippen molar-refractivity contribution in [3.05, 3.63) is 12.2 Å². The van der Waals surface area contributed by atoms with Crippen molar-refractivity contribution in [2.24, 2.45) is 0 Å². The average molecular weight is 169 g/mol. The van der Waals surface area contributed by atoms with Crippen LogP contribution < -0.4 is 0 Å². The zero-order valence-electron chi connectivity index (χ0n) is 8.29. The van der Waals surface area contributed by atoms with Crippen LogP contribution in [0.4, 0.5) is 0 Å². The van der Waals surface area contributed by atoms with Crippen LogP contribution >= 0.6 is 0 Å². The molecule has 0 spiro atoms. The molecule has 1 saturated heterocycles. The second-order valence-corrected chi connectivity index (χ2v) is 3.54. The third-order valence-electron chi connectivity index (χ3n) is 2.09. The van der Waals surface area contributed by atoms with Crippen LogP contribution in [-0.2, 0) is 4.74 Å². The van der Waals surface area contributed by atoms with Gasteiger partial charge in [0, 0.05) is 19.6 Å². The Labute approximate surface area is 75.2 Å². The lowest BCUT2D eigenvalue weighted by Crippen LogP contribution is -2.45. The molecule has 1 rings (SSSR count). The predicted molar refractivity (Wildman–Crippen MR) is 51.3 cm³/mol. The third-order valence-corrected chi connectivity index (χ3v) is 2.09. The van der Waals surface area contributed by atoms with E-state index in [1.165, 1.54) is 0 Å².